The molecule has 1 aromatic heterocycles. The lowest BCUT2D eigenvalue weighted by Crippen LogP contribution is -2.14. The number of aryl methyl sites for hydroxylation is 1. The van der Waals surface area contributed by atoms with Crippen LogP contribution in [0, 0.1) is 0 Å². The Kier molecular flexibility index (Phi) is 9.07. The molecule has 0 bridgehead atoms. The molecule has 0 aliphatic heterocycles. The van der Waals surface area contributed by atoms with E-state index >= 15 is 0 Å². The summed E-state index contributed by atoms with van der Waals surface area (Å²) in [7, 11) is 0. The van der Waals surface area contributed by atoms with E-state index in [9.17, 15) is 14.4 Å². The van der Waals surface area contributed by atoms with Crippen LogP contribution in [0.25, 0.3) is 0 Å². The van der Waals surface area contributed by atoms with Gasteiger partial charge in [-0.2, -0.15) is 0 Å². The van der Waals surface area contributed by atoms with Crippen molar-refractivity contribution in [2.24, 2.45) is 0 Å². The van der Waals surface area contributed by atoms with Gasteiger partial charge in [-0.25, -0.2) is 29.3 Å². The summed E-state index contributed by atoms with van der Waals surface area (Å²) < 4.78 is 9.80. The van der Waals surface area contributed by atoms with Crippen LogP contribution in [0.2, 0.25) is 0 Å². The lowest BCUT2D eigenvalue weighted by Gasteiger charge is -2.08. The van der Waals surface area contributed by atoms with Gasteiger partial charge in [0.2, 0.25) is 0 Å². The van der Waals surface area contributed by atoms with Crippen molar-refractivity contribution in [3.63, 3.8) is 0 Å². The summed E-state index contributed by atoms with van der Waals surface area (Å²) in [6.45, 7) is 10.2. The Labute approximate surface area is 156 Å². The molecule has 0 radical (unpaired) electrons. The number of carbonyl (C=O) groups excluding carboxylic acids is 2. The van der Waals surface area contributed by atoms with Crippen molar-refractivity contribution in [2.75, 3.05) is 13.2 Å². The van der Waals surface area contributed by atoms with E-state index in [1.54, 1.807) is 0 Å². The number of aliphatic carboxylic acids is 1. The fourth-order valence-corrected chi connectivity index (χ4v) is 1.83. The van der Waals surface area contributed by atoms with E-state index in [-0.39, 0.29) is 44.5 Å². The van der Waals surface area contributed by atoms with Crippen LogP contribution in [0.3, 0.4) is 0 Å². The van der Waals surface area contributed by atoms with E-state index in [0.29, 0.717) is 17.5 Å². The molecule has 0 amide bonds. The number of hydrogen-bond donors (Lipinski definition) is 1. The van der Waals surface area contributed by atoms with E-state index in [1.807, 2.05) is 0 Å². The second kappa shape index (κ2) is 11.3. The normalized spacial score (nSPS) is 9.93. The predicted molar refractivity (Wildman–Crippen MR) is 94.6 cm³/mol. The first-order chi connectivity index (χ1) is 12.8. The molecule has 0 aliphatic rings. The zero-order valence-electron chi connectivity index (χ0n) is 14.8. The zero-order chi connectivity index (χ0) is 20.2. The fourth-order valence-electron chi connectivity index (χ4n) is 1.83. The van der Waals surface area contributed by atoms with Gasteiger partial charge in [-0.15, -0.1) is 0 Å². The summed E-state index contributed by atoms with van der Waals surface area (Å²) in [4.78, 5) is 45.8. The molecular formula is C18H21N3O6. The average Bonchev–Trinajstić information content (AvgIpc) is 2.65. The van der Waals surface area contributed by atoms with Gasteiger partial charge in [0.15, 0.2) is 0 Å². The summed E-state index contributed by atoms with van der Waals surface area (Å²) in [6.07, 6.45) is 3.02. The van der Waals surface area contributed by atoms with Crippen LogP contribution in [0.5, 0.6) is 0 Å². The predicted octanol–water partition coefficient (Wildman–Crippen LogP) is 0.988. The summed E-state index contributed by atoms with van der Waals surface area (Å²) in [5.74, 6) is -1.07. The highest BCUT2D eigenvalue weighted by molar-refractivity contribution is 5.85. The molecule has 1 N–H and O–H groups in total. The number of esters is 2. The number of carboxylic acids is 1. The van der Waals surface area contributed by atoms with Gasteiger partial charge in [-0.05, 0) is 6.42 Å². The first-order valence-corrected chi connectivity index (χ1v) is 8.07. The van der Waals surface area contributed by atoms with Crippen molar-refractivity contribution in [3.8, 4) is 0 Å². The van der Waals surface area contributed by atoms with E-state index in [2.05, 4.69) is 34.7 Å². The molecule has 27 heavy (non-hydrogen) atoms. The Morgan fingerprint density at radius 2 is 1.26 bits per heavy atom. The third-order valence-corrected chi connectivity index (χ3v) is 3.20. The Hall–Kier alpha value is -3.36. The lowest BCUT2D eigenvalue weighted by atomic mass is 10.1. The van der Waals surface area contributed by atoms with Gasteiger partial charge < -0.3 is 14.6 Å². The van der Waals surface area contributed by atoms with Crippen LogP contribution in [0.4, 0.5) is 0 Å². The van der Waals surface area contributed by atoms with Crippen molar-refractivity contribution in [2.45, 2.75) is 25.7 Å². The summed E-state index contributed by atoms with van der Waals surface area (Å²) in [5, 5.41) is 8.89. The number of hydrogen-bond acceptors (Lipinski definition) is 8. The molecule has 1 rings (SSSR count). The molecule has 9 heteroatoms. The molecule has 0 aliphatic carbocycles. The van der Waals surface area contributed by atoms with E-state index in [0.717, 1.165) is 12.2 Å². The number of carbonyl (C=O) groups is 3. The number of nitrogens with zero attached hydrogens (tertiary/aromatic N) is 3. The topological polar surface area (TPSA) is 129 Å². The molecule has 0 saturated carbocycles. The largest absolute Gasteiger partial charge is 0.478 e. The van der Waals surface area contributed by atoms with Crippen LogP contribution in [-0.4, -0.2) is 51.2 Å². The maximum Gasteiger partial charge on any atom is 0.330 e. The third-order valence-electron chi connectivity index (χ3n) is 3.20. The fraction of sp³-hybridized carbons (Fsp3) is 0.333. The van der Waals surface area contributed by atoms with Crippen LogP contribution >= 0.6 is 0 Å². The third kappa shape index (κ3) is 8.52. The van der Waals surface area contributed by atoms with Crippen molar-refractivity contribution in [1.29, 1.82) is 0 Å². The maximum atomic E-state index is 11.1. The number of aromatic nitrogens is 3. The van der Waals surface area contributed by atoms with Crippen LogP contribution in [0.1, 0.15) is 23.9 Å². The minimum Gasteiger partial charge on any atom is -0.478 e. The first kappa shape index (κ1) is 21.7. The molecular weight excluding hydrogens is 354 g/mol. The molecule has 9 nitrogen and oxygen atoms in total. The van der Waals surface area contributed by atoms with Crippen LogP contribution in [0.15, 0.2) is 37.5 Å². The van der Waals surface area contributed by atoms with E-state index < -0.39 is 17.9 Å². The Morgan fingerprint density at radius 1 is 0.852 bits per heavy atom. The molecule has 0 saturated heterocycles. The average molecular weight is 375 g/mol. The van der Waals surface area contributed by atoms with Crippen molar-refractivity contribution in [3.05, 3.63) is 54.9 Å². The van der Waals surface area contributed by atoms with E-state index in [1.165, 1.54) is 0 Å². The van der Waals surface area contributed by atoms with Crippen LogP contribution in [-0.2, 0) is 43.1 Å². The number of rotatable bonds is 12. The smallest absolute Gasteiger partial charge is 0.330 e. The molecule has 0 fully saturated rings. The molecule has 0 atom stereocenters. The highest BCUT2D eigenvalue weighted by atomic mass is 16.5. The molecule has 0 unspecified atom stereocenters. The lowest BCUT2D eigenvalue weighted by molar-refractivity contribution is -0.138. The zero-order valence-corrected chi connectivity index (χ0v) is 14.8. The van der Waals surface area contributed by atoms with Crippen molar-refractivity contribution < 1.29 is 29.0 Å². The van der Waals surface area contributed by atoms with Gasteiger partial charge in [-0.3, -0.25) is 0 Å². The second-order valence-electron chi connectivity index (χ2n) is 5.24. The van der Waals surface area contributed by atoms with Crippen molar-refractivity contribution >= 4 is 17.9 Å². The maximum absolute atomic E-state index is 11.1. The van der Waals surface area contributed by atoms with Gasteiger partial charge in [0.05, 0.1) is 13.2 Å². The summed E-state index contributed by atoms with van der Waals surface area (Å²) in [6, 6.07) is 0. The Morgan fingerprint density at radius 3 is 1.63 bits per heavy atom. The second-order valence-corrected chi connectivity index (χ2v) is 5.24. The van der Waals surface area contributed by atoms with Gasteiger partial charge in [-0.1, -0.05) is 19.7 Å². The van der Waals surface area contributed by atoms with Crippen molar-refractivity contribution in [1.82, 2.24) is 15.0 Å². The standard InChI is InChI=1S/C18H21N3O6/c1-4-16(22)26-10-8-14-19-13(7-6-12(3)18(24)25)20-15(21-14)9-11-27-17(23)5-2/h4-5H,1-3,6-11H2,(H,24,25). The highest BCUT2D eigenvalue weighted by Crippen LogP contribution is 2.07. The Bertz CT molecular complexity index is 700. The van der Waals surface area contributed by atoms with Gasteiger partial charge in [0.1, 0.15) is 17.5 Å². The Balaban J connectivity index is 2.82. The minimum atomic E-state index is -1.09. The monoisotopic (exact) mass is 375 g/mol. The minimum absolute atomic E-state index is 0.0401. The molecule has 144 valence electrons. The summed E-state index contributed by atoms with van der Waals surface area (Å²) >= 11 is 0. The van der Waals surface area contributed by atoms with Gasteiger partial charge in [0, 0.05) is 37.0 Å². The molecule has 0 aromatic carbocycles. The SMILES string of the molecule is C=CC(=O)OCCc1nc(CCOC(=O)C=C)nc(CCC(=C)C(=O)O)n1. The van der Waals surface area contributed by atoms with Crippen LogP contribution < -0.4 is 0 Å². The van der Waals surface area contributed by atoms with Gasteiger partial charge >= 0.3 is 17.9 Å². The first-order valence-electron chi connectivity index (χ1n) is 8.07. The molecule has 1 heterocycles. The number of ether oxygens (including phenoxy) is 2. The summed E-state index contributed by atoms with van der Waals surface area (Å²) in [5.41, 5.74) is 0.0401. The van der Waals surface area contributed by atoms with E-state index in [4.69, 9.17) is 14.6 Å². The molecule has 1 aromatic rings. The molecule has 0 spiro atoms. The quantitative estimate of drug-likeness (QED) is 0.420. The van der Waals surface area contributed by atoms with Gasteiger partial charge in [0.25, 0.3) is 0 Å². The number of carboxylic acid groups (broad SMARTS) is 1. The highest BCUT2D eigenvalue weighted by Gasteiger charge is 2.11.